The van der Waals surface area contributed by atoms with E-state index >= 15 is 0 Å². The molecule has 0 radical (unpaired) electrons. The standard InChI is InChI=1S/C22H28N2O3/c1-15-23-19-8-6-7-9-20(19)24(15)13-16(25)14-27-21-11-10-17(26-5)12-18(21)22(2,3)4/h6-12,16,25H,13-14H2,1-5H3/t16-/m0/s1. The Morgan fingerprint density at radius 3 is 2.59 bits per heavy atom. The first-order valence-electron chi connectivity index (χ1n) is 9.21. The molecular weight excluding hydrogens is 340 g/mol. The Balaban J connectivity index is 1.74. The lowest BCUT2D eigenvalue weighted by molar-refractivity contribution is 0.0919. The predicted molar refractivity (Wildman–Crippen MR) is 108 cm³/mol. The van der Waals surface area contributed by atoms with Gasteiger partial charge in [0, 0.05) is 5.56 Å². The average Bonchev–Trinajstić information content (AvgIpc) is 2.94. The summed E-state index contributed by atoms with van der Waals surface area (Å²) in [5, 5.41) is 10.6. The first-order valence-corrected chi connectivity index (χ1v) is 9.21. The lowest BCUT2D eigenvalue weighted by atomic mass is 9.86. The van der Waals surface area contributed by atoms with E-state index in [1.165, 1.54) is 0 Å². The third-order valence-corrected chi connectivity index (χ3v) is 4.66. The van der Waals surface area contributed by atoms with Crippen LogP contribution in [0.1, 0.15) is 32.2 Å². The van der Waals surface area contributed by atoms with Gasteiger partial charge in [-0.25, -0.2) is 4.98 Å². The molecule has 5 nitrogen and oxygen atoms in total. The van der Waals surface area contributed by atoms with Crippen molar-refractivity contribution >= 4 is 11.0 Å². The highest BCUT2D eigenvalue weighted by molar-refractivity contribution is 5.75. The van der Waals surface area contributed by atoms with Crippen LogP contribution in [0.4, 0.5) is 0 Å². The van der Waals surface area contributed by atoms with E-state index in [9.17, 15) is 5.11 Å². The lowest BCUT2D eigenvalue weighted by Gasteiger charge is -2.24. The maximum Gasteiger partial charge on any atom is 0.123 e. The van der Waals surface area contributed by atoms with Crippen LogP contribution in [0.3, 0.4) is 0 Å². The number of methoxy groups -OCH3 is 1. The molecule has 0 fully saturated rings. The molecule has 0 spiro atoms. The average molecular weight is 368 g/mol. The third kappa shape index (κ3) is 4.25. The Kier molecular flexibility index (Phi) is 5.42. The summed E-state index contributed by atoms with van der Waals surface area (Å²) in [6.45, 7) is 8.99. The van der Waals surface area contributed by atoms with Gasteiger partial charge >= 0.3 is 0 Å². The molecule has 0 aliphatic carbocycles. The van der Waals surface area contributed by atoms with Crippen molar-refractivity contribution in [1.29, 1.82) is 0 Å². The summed E-state index contributed by atoms with van der Waals surface area (Å²) >= 11 is 0. The SMILES string of the molecule is COc1ccc(OC[C@@H](O)Cn2c(C)nc3ccccc32)c(C(C)(C)C)c1. The van der Waals surface area contributed by atoms with Crippen LogP contribution >= 0.6 is 0 Å². The zero-order chi connectivity index (χ0) is 19.6. The van der Waals surface area contributed by atoms with Gasteiger partial charge in [-0.15, -0.1) is 0 Å². The van der Waals surface area contributed by atoms with E-state index in [0.29, 0.717) is 6.54 Å². The van der Waals surface area contributed by atoms with E-state index in [1.807, 2.05) is 54.0 Å². The van der Waals surface area contributed by atoms with E-state index in [2.05, 4.69) is 25.8 Å². The van der Waals surface area contributed by atoms with E-state index in [-0.39, 0.29) is 12.0 Å². The molecule has 0 aliphatic rings. The molecule has 144 valence electrons. The van der Waals surface area contributed by atoms with Gasteiger partial charge in [0.05, 0.1) is 24.7 Å². The maximum absolute atomic E-state index is 10.6. The number of hydrogen-bond acceptors (Lipinski definition) is 4. The molecule has 27 heavy (non-hydrogen) atoms. The Morgan fingerprint density at radius 2 is 1.89 bits per heavy atom. The summed E-state index contributed by atoms with van der Waals surface area (Å²) < 4.78 is 13.4. The number of aromatic nitrogens is 2. The van der Waals surface area contributed by atoms with Crippen LogP contribution in [0.2, 0.25) is 0 Å². The number of aliphatic hydroxyl groups excluding tert-OH is 1. The molecular formula is C22H28N2O3. The molecule has 0 bridgehead atoms. The molecule has 3 rings (SSSR count). The molecule has 0 saturated heterocycles. The number of hydrogen-bond donors (Lipinski definition) is 1. The lowest BCUT2D eigenvalue weighted by Crippen LogP contribution is -2.25. The smallest absolute Gasteiger partial charge is 0.123 e. The van der Waals surface area contributed by atoms with E-state index < -0.39 is 6.10 Å². The van der Waals surface area contributed by atoms with Gasteiger partial charge in [0.15, 0.2) is 0 Å². The van der Waals surface area contributed by atoms with Gasteiger partial charge in [-0.1, -0.05) is 32.9 Å². The second-order valence-electron chi connectivity index (χ2n) is 7.84. The Labute approximate surface area is 160 Å². The maximum atomic E-state index is 10.6. The van der Waals surface area contributed by atoms with Crippen molar-refractivity contribution in [3.8, 4) is 11.5 Å². The van der Waals surface area contributed by atoms with Gasteiger partial charge in [0.25, 0.3) is 0 Å². The van der Waals surface area contributed by atoms with Gasteiger partial charge in [0.2, 0.25) is 0 Å². The number of para-hydroxylation sites is 2. The fourth-order valence-electron chi connectivity index (χ4n) is 3.22. The van der Waals surface area contributed by atoms with E-state index in [1.54, 1.807) is 7.11 Å². The second-order valence-corrected chi connectivity index (χ2v) is 7.84. The summed E-state index contributed by atoms with van der Waals surface area (Å²) in [4.78, 5) is 4.55. The monoisotopic (exact) mass is 368 g/mol. The Bertz CT molecular complexity index is 925. The topological polar surface area (TPSA) is 56.5 Å². The van der Waals surface area contributed by atoms with Crippen LogP contribution in [-0.2, 0) is 12.0 Å². The minimum atomic E-state index is -0.642. The van der Waals surface area contributed by atoms with Gasteiger partial charge in [-0.2, -0.15) is 0 Å². The van der Waals surface area contributed by atoms with Crippen molar-refractivity contribution in [3.05, 3.63) is 53.9 Å². The summed E-state index contributed by atoms with van der Waals surface area (Å²) in [6, 6.07) is 13.7. The molecule has 2 aromatic carbocycles. The van der Waals surface area contributed by atoms with Crippen LogP contribution in [0, 0.1) is 6.92 Å². The molecule has 0 amide bonds. The molecule has 0 unspecified atom stereocenters. The first-order chi connectivity index (χ1) is 12.8. The predicted octanol–water partition coefficient (Wildman–Crippen LogP) is 4.09. The van der Waals surface area contributed by atoms with Crippen LogP contribution in [0.15, 0.2) is 42.5 Å². The molecule has 1 N–H and O–H groups in total. The number of fused-ring (bicyclic) bond motifs is 1. The van der Waals surface area contributed by atoms with Gasteiger partial charge < -0.3 is 19.1 Å². The van der Waals surface area contributed by atoms with Crippen LogP contribution in [-0.4, -0.2) is 34.5 Å². The van der Waals surface area contributed by atoms with Crippen molar-refractivity contribution in [1.82, 2.24) is 9.55 Å². The highest BCUT2D eigenvalue weighted by Crippen LogP contribution is 2.34. The highest BCUT2D eigenvalue weighted by Gasteiger charge is 2.21. The molecule has 3 aromatic rings. The highest BCUT2D eigenvalue weighted by atomic mass is 16.5. The van der Waals surface area contributed by atoms with E-state index in [4.69, 9.17) is 9.47 Å². The molecule has 0 saturated carbocycles. The van der Waals surface area contributed by atoms with Crippen molar-refractivity contribution in [2.75, 3.05) is 13.7 Å². The number of ether oxygens (including phenoxy) is 2. The number of aliphatic hydroxyl groups is 1. The quantitative estimate of drug-likeness (QED) is 0.712. The first kappa shape index (κ1) is 19.2. The van der Waals surface area contributed by atoms with Crippen molar-refractivity contribution in [2.24, 2.45) is 0 Å². The fraction of sp³-hybridized carbons (Fsp3) is 0.409. The zero-order valence-electron chi connectivity index (χ0n) is 16.7. The largest absolute Gasteiger partial charge is 0.497 e. The van der Waals surface area contributed by atoms with Crippen LogP contribution in [0.25, 0.3) is 11.0 Å². The second kappa shape index (κ2) is 7.61. The number of benzene rings is 2. The molecule has 0 aliphatic heterocycles. The van der Waals surface area contributed by atoms with Crippen molar-refractivity contribution in [3.63, 3.8) is 0 Å². The van der Waals surface area contributed by atoms with E-state index in [0.717, 1.165) is 33.9 Å². The summed E-state index contributed by atoms with van der Waals surface area (Å²) in [5.41, 5.74) is 2.92. The molecule has 5 heteroatoms. The number of nitrogens with zero attached hydrogens (tertiary/aromatic N) is 2. The normalized spacial score (nSPS) is 13.0. The third-order valence-electron chi connectivity index (χ3n) is 4.66. The van der Waals surface area contributed by atoms with Crippen LogP contribution in [0.5, 0.6) is 11.5 Å². The summed E-state index contributed by atoms with van der Waals surface area (Å²) in [6.07, 6.45) is -0.642. The van der Waals surface area contributed by atoms with Gasteiger partial charge in [-0.05, 0) is 42.7 Å². The molecule has 1 atom stereocenters. The summed E-state index contributed by atoms with van der Waals surface area (Å²) in [7, 11) is 1.66. The van der Waals surface area contributed by atoms with Gasteiger partial charge in [0.1, 0.15) is 30.0 Å². The van der Waals surface area contributed by atoms with Crippen molar-refractivity contribution in [2.45, 2.75) is 45.8 Å². The number of rotatable bonds is 6. The Hall–Kier alpha value is -2.53. The van der Waals surface area contributed by atoms with Crippen LogP contribution < -0.4 is 9.47 Å². The Morgan fingerprint density at radius 1 is 1.15 bits per heavy atom. The minimum Gasteiger partial charge on any atom is -0.497 e. The summed E-state index contributed by atoms with van der Waals surface area (Å²) in [5.74, 6) is 2.46. The molecule has 1 aromatic heterocycles. The number of aryl methyl sites for hydroxylation is 1. The van der Waals surface area contributed by atoms with Gasteiger partial charge in [-0.3, -0.25) is 0 Å². The minimum absolute atomic E-state index is 0.0913. The fourth-order valence-corrected chi connectivity index (χ4v) is 3.22. The zero-order valence-corrected chi connectivity index (χ0v) is 16.7. The van der Waals surface area contributed by atoms with Crippen molar-refractivity contribution < 1.29 is 14.6 Å². The number of imidazole rings is 1. The molecule has 1 heterocycles.